The minimum atomic E-state index is -3.94. The van der Waals surface area contributed by atoms with Crippen molar-refractivity contribution in [3.05, 3.63) is 107 Å². The summed E-state index contributed by atoms with van der Waals surface area (Å²) in [4.78, 5) is 9.34. The highest BCUT2D eigenvalue weighted by molar-refractivity contribution is 7.85. The van der Waals surface area contributed by atoms with Gasteiger partial charge in [-0.15, -0.1) is 0 Å². The van der Waals surface area contributed by atoms with Gasteiger partial charge in [-0.05, 0) is 65.8 Å². The predicted molar refractivity (Wildman–Crippen MR) is 134 cm³/mol. The zero-order valence-corrected chi connectivity index (χ0v) is 19.7. The maximum atomic E-state index is 13.5. The smallest absolute Gasteiger partial charge is 0.264 e. The summed E-state index contributed by atoms with van der Waals surface area (Å²) in [6.07, 6.45) is 3.50. The Morgan fingerprint density at radius 2 is 1.74 bits per heavy atom. The van der Waals surface area contributed by atoms with E-state index in [4.69, 9.17) is 9.54 Å². The van der Waals surface area contributed by atoms with Crippen molar-refractivity contribution in [1.29, 1.82) is 0 Å². The van der Waals surface area contributed by atoms with Gasteiger partial charge in [0.15, 0.2) is 0 Å². The third kappa shape index (κ3) is 5.39. The molecule has 0 spiro atoms. The normalized spacial score (nSPS) is 14.7. The van der Waals surface area contributed by atoms with E-state index in [9.17, 15) is 12.8 Å². The summed E-state index contributed by atoms with van der Waals surface area (Å²) in [7, 11) is -3.94. The predicted octanol–water partition coefficient (Wildman–Crippen LogP) is 5.53. The second kappa shape index (κ2) is 9.56. The van der Waals surface area contributed by atoms with Crippen molar-refractivity contribution in [2.24, 2.45) is 0 Å². The Hall–Kier alpha value is -3.62. The number of hydrogen-bond acceptors (Lipinski definition) is 5. The first-order valence-corrected chi connectivity index (χ1v) is 13.0. The molecule has 1 heterocycles. The van der Waals surface area contributed by atoms with Gasteiger partial charge in [-0.2, -0.15) is 8.42 Å². The van der Waals surface area contributed by atoms with E-state index in [1.54, 1.807) is 0 Å². The molecule has 1 aromatic heterocycles. The number of benzene rings is 3. The molecule has 35 heavy (non-hydrogen) atoms. The van der Waals surface area contributed by atoms with Crippen LogP contribution in [0.25, 0.3) is 11.3 Å². The van der Waals surface area contributed by atoms with Gasteiger partial charge in [0.2, 0.25) is 5.95 Å². The highest BCUT2D eigenvalue weighted by atomic mass is 32.2. The number of fused-ring (bicyclic) bond motifs is 3. The van der Waals surface area contributed by atoms with Crippen LogP contribution in [0.3, 0.4) is 0 Å². The summed E-state index contributed by atoms with van der Waals surface area (Å²) in [5.74, 6) is 0.0934. The average molecular weight is 490 g/mol. The van der Waals surface area contributed by atoms with Gasteiger partial charge in [0.1, 0.15) is 5.82 Å². The fourth-order valence-electron chi connectivity index (χ4n) is 4.53. The average Bonchev–Trinajstić information content (AvgIpc) is 2.85. The van der Waals surface area contributed by atoms with Crippen LogP contribution in [0.5, 0.6) is 0 Å². The van der Waals surface area contributed by atoms with Crippen molar-refractivity contribution in [1.82, 2.24) is 9.97 Å². The highest BCUT2D eigenvalue weighted by Gasteiger charge is 2.27. The number of rotatable bonds is 7. The van der Waals surface area contributed by atoms with Gasteiger partial charge >= 0.3 is 0 Å². The van der Waals surface area contributed by atoms with Crippen LogP contribution in [0.4, 0.5) is 16.0 Å². The third-order valence-electron chi connectivity index (χ3n) is 6.23. The first-order valence-electron chi connectivity index (χ1n) is 11.4. The molecule has 178 valence electrons. The van der Waals surface area contributed by atoms with Crippen LogP contribution in [0.1, 0.15) is 34.6 Å². The van der Waals surface area contributed by atoms with Gasteiger partial charge in [-0.1, -0.05) is 48.5 Å². The molecule has 1 aliphatic rings. The Morgan fingerprint density at radius 3 is 2.49 bits per heavy atom. The van der Waals surface area contributed by atoms with Gasteiger partial charge in [-0.3, -0.25) is 4.55 Å². The lowest BCUT2D eigenvalue weighted by Gasteiger charge is -2.27. The number of hydrogen-bond donors (Lipinski definition) is 2. The first-order chi connectivity index (χ1) is 16.9. The summed E-state index contributed by atoms with van der Waals surface area (Å²) in [5.41, 5.74) is 6.98. The second-order valence-electron chi connectivity index (χ2n) is 8.67. The van der Waals surface area contributed by atoms with Crippen molar-refractivity contribution in [3.63, 3.8) is 0 Å². The van der Waals surface area contributed by atoms with E-state index < -0.39 is 10.1 Å². The van der Waals surface area contributed by atoms with Crippen LogP contribution in [-0.4, -0.2) is 28.7 Å². The molecule has 0 bridgehead atoms. The summed E-state index contributed by atoms with van der Waals surface area (Å²) in [6, 6.07) is 22.4. The molecular weight excluding hydrogens is 465 g/mol. The van der Waals surface area contributed by atoms with E-state index in [1.807, 2.05) is 54.7 Å². The molecule has 0 fully saturated rings. The van der Waals surface area contributed by atoms with E-state index in [1.165, 1.54) is 12.1 Å². The lowest BCUT2D eigenvalue weighted by molar-refractivity contribution is 0.481. The van der Waals surface area contributed by atoms with Gasteiger partial charge in [0.05, 0.1) is 11.4 Å². The third-order valence-corrected chi connectivity index (χ3v) is 7.03. The molecule has 0 amide bonds. The van der Waals surface area contributed by atoms with Crippen LogP contribution in [0.2, 0.25) is 0 Å². The SMILES string of the molecule is O=S(=O)(O)CCCc1ccc(Nc2ncc3c(n2)-c2ccccc2[C@H](c2ccc(F)cc2)C3)cc1. The molecular formula is C27H24FN3O3S. The van der Waals surface area contributed by atoms with Crippen molar-refractivity contribution >= 4 is 21.8 Å². The van der Waals surface area contributed by atoms with Gasteiger partial charge in [0.25, 0.3) is 10.1 Å². The Morgan fingerprint density at radius 1 is 1.00 bits per heavy atom. The zero-order chi connectivity index (χ0) is 24.4. The zero-order valence-electron chi connectivity index (χ0n) is 18.9. The standard InChI is InChI=1S/C27H24FN3O3S/c28-21-11-9-19(10-12-21)25-16-20-17-29-27(31-26(20)24-6-2-1-5-23(24)25)30-22-13-7-18(8-14-22)4-3-15-35(32,33)34/h1-2,5-14,17,25H,3-4,15-16H2,(H,29,30,31)(H,32,33,34)/t25-/m0/s1. The quantitative estimate of drug-likeness (QED) is 0.332. The second-order valence-corrected chi connectivity index (χ2v) is 10.2. The fraction of sp³-hybridized carbons (Fsp3) is 0.185. The lowest BCUT2D eigenvalue weighted by atomic mass is 9.78. The minimum Gasteiger partial charge on any atom is -0.324 e. The summed E-state index contributed by atoms with van der Waals surface area (Å²) in [5, 5.41) is 3.24. The Balaban J connectivity index is 1.36. The first kappa shape index (κ1) is 23.1. The molecule has 0 saturated carbocycles. The van der Waals surface area contributed by atoms with E-state index in [0.717, 1.165) is 45.6 Å². The number of nitrogens with zero attached hydrogens (tertiary/aromatic N) is 2. The van der Waals surface area contributed by atoms with Crippen molar-refractivity contribution in [2.75, 3.05) is 11.1 Å². The maximum Gasteiger partial charge on any atom is 0.264 e. The van der Waals surface area contributed by atoms with Crippen molar-refractivity contribution < 1.29 is 17.4 Å². The molecule has 4 aromatic rings. The van der Waals surface area contributed by atoms with Gasteiger partial charge in [-0.25, -0.2) is 14.4 Å². The van der Waals surface area contributed by atoms with Crippen LogP contribution in [-0.2, 0) is 23.0 Å². The molecule has 1 aliphatic carbocycles. The summed E-state index contributed by atoms with van der Waals surface area (Å²) in [6.45, 7) is 0. The lowest BCUT2D eigenvalue weighted by Crippen LogP contribution is -2.15. The molecule has 0 saturated heterocycles. The van der Waals surface area contributed by atoms with Crippen LogP contribution < -0.4 is 5.32 Å². The number of aromatic nitrogens is 2. The summed E-state index contributed by atoms with van der Waals surface area (Å²) >= 11 is 0. The Bertz CT molecular complexity index is 1460. The highest BCUT2D eigenvalue weighted by Crippen LogP contribution is 2.41. The Kier molecular flexibility index (Phi) is 6.32. The molecule has 2 N–H and O–H groups in total. The maximum absolute atomic E-state index is 13.5. The minimum absolute atomic E-state index is 0.107. The molecule has 8 heteroatoms. The number of aryl methyl sites for hydroxylation is 1. The van der Waals surface area contributed by atoms with E-state index >= 15 is 0 Å². The molecule has 1 atom stereocenters. The molecule has 6 nitrogen and oxygen atoms in total. The van der Waals surface area contributed by atoms with E-state index in [0.29, 0.717) is 18.8 Å². The van der Waals surface area contributed by atoms with Gasteiger partial charge < -0.3 is 5.32 Å². The van der Waals surface area contributed by atoms with Gasteiger partial charge in [0, 0.05) is 23.4 Å². The topological polar surface area (TPSA) is 92.2 Å². The Labute approximate surface area is 203 Å². The van der Waals surface area contributed by atoms with Crippen molar-refractivity contribution in [3.8, 4) is 11.3 Å². The van der Waals surface area contributed by atoms with Crippen LogP contribution >= 0.6 is 0 Å². The number of anilines is 2. The number of halogens is 1. The van der Waals surface area contributed by atoms with E-state index in [2.05, 4.69) is 22.4 Å². The molecule has 0 unspecified atom stereocenters. The molecule has 5 rings (SSSR count). The fourth-order valence-corrected chi connectivity index (χ4v) is 5.04. The van der Waals surface area contributed by atoms with Crippen LogP contribution in [0, 0.1) is 5.82 Å². The number of nitrogens with one attached hydrogen (secondary N) is 1. The molecule has 3 aromatic carbocycles. The van der Waals surface area contributed by atoms with Crippen LogP contribution in [0.15, 0.2) is 79.0 Å². The summed E-state index contributed by atoms with van der Waals surface area (Å²) < 4.78 is 44.1. The van der Waals surface area contributed by atoms with Crippen molar-refractivity contribution in [2.45, 2.75) is 25.2 Å². The molecule has 0 aliphatic heterocycles. The monoisotopic (exact) mass is 489 g/mol. The van der Waals surface area contributed by atoms with E-state index in [-0.39, 0.29) is 17.5 Å². The molecule has 0 radical (unpaired) electrons. The largest absolute Gasteiger partial charge is 0.324 e.